The van der Waals surface area contributed by atoms with Gasteiger partial charge in [0.1, 0.15) is 0 Å². The lowest BCUT2D eigenvalue weighted by molar-refractivity contribution is 0.254. The zero-order valence-corrected chi connectivity index (χ0v) is 6.66. The van der Waals surface area contributed by atoms with Crippen molar-refractivity contribution in [1.82, 2.24) is 4.67 Å². The Morgan fingerprint density at radius 3 is 2.00 bits per heavy atom. The van der Waals surface area contributed by atoms with Crippen LogP contribution in [0.1, 0.15) is 12.8 Å². The first-order valence-electron chi connectivity index (χ1n) is 3.18. The summed E-state index contributed by atoms with van der Waals surface area (Å²) in [5.41, 5.74) is 11.0. The third-order valence-corrected chi connectivity index (χ3v) is 2.25. The minimum atomic E-state index is -0.396. The van der Waals surface area contributed by atoms with E-state index in [4.69, 9.17) is 11.5 Å². The molecular weight excluding hydrogens is 133 g/mol. The van der Waals surface area contributed by atoms with Crippen molar-refractivity contribution < 1.29 is 0 Å². The van der Waals surface area contributed by atoms with E-state index >= 15 is 0 Å². The van der Waals surface area contributed by atoms with Gasteiger partial charge >= 0.3 is 0 Å². The molecule has 3 nitrogen and oxygen atoms in total. The monoisotopic (exact) mass is 147 g/mol. The normalized spacial score (nSPS) is 28.3. The quantitative estimate of drug-likeness (QED) is 0.358. The number of hydrogen-bond acceptors (Lipinski definition) is 3. The number of rotatable bonds is 0. The third-order valence-electron chi connectivity index (χ3n) is 1.73. The maximum Gasteiger partial charge on any atom is 0.0661 e. The Bertz CT molecular complexity index is 94.4. The summed E-state index contributed by atoms with van der Waals surface area (Å²) in [6.45, 7) is 2.00. The maximum atomic E-state index is 5.68. The second kappa shape index (κ2) is 2.51. The SMILES string of the molecule is NC1(N)CCN(P)CC1. The Balaban J connectivity index is 2.35. The van der Waals surface area contributed by atoms with Crippen LogP contribution in [-0.4, -0.2) is 23.4 Å². The molecule has 54 valence electrons. The van der Waals surface area contributed by atoms with Gasteiger partial charge in [0.05, 0.1) is 5.66 Å². The van der Waals surface area contributed by atoms with Gasteiger partial charge in [-0.2, -0.15) is 0 Å². The highest BCUT2D eigenvalue weighted by molar-refractivity contribution is 7.13. The molecule has 9 heavy (non-hydrogen) atoms. The van der Waals surface area contributed by atoms with Crippen molar-refractivity contribution in [3.63, 3.8) is 0 Å². The van der Waals surface area contributed by atoms with E-state index in [9.17, 15) is 0 Å². The molecule has 0 aromatic rings. The molecular formula is C5H14N3P. The van der Waals surface area contributed by atoms with Crippen molar-refractivity contribution in [2.24, 2.45) is 11.5 Å². The van der Waals surface area contributed by atoms with Gasteiger partial charge in [-0.25, -0.2) is 0 Å². The molecule has 0 aromatic carbocycles. The molecule has 1 heterocycles. The Hall–Kier alpha value is 0.310. The Morgan fingerprint density at radius 2 is 1.67 bits per heavy atom. The average molecular weight is 147 g/mol. The summed E-state index contributed by atoms with van der Waals surface area (Å²) in [4.78, 5) is 0. The fourth-order valence-corrected chi connectivity index (χ4v) is 1.20. The minimum absolute atomic E-state index is 0.396. The van der Waals surface area contributed by atoms with Gasteiger partial charge in [0.2, 0.25) is 0 Å². The number of piperidine rings is 1. The van der Waals surface area contributed by atoms with Gasteiger partial charge in [-0.05, 0) is 12.8 Å². The van der Waals surface area contributed by atoms with Crippen molar-refractivity contribution in [3.05, 3.63) is 0 Å². The van der Waals surface area contributed by atoms with Gasteiger partial charge in [0.25, 0.3) is 0 Å². The lowest BCUT2D eigenvalue weighted by Gasteiger charge is -2.33. The largest absolute Gasteiger partial charge is 0.313 e. The van der Waals surface area contributed by atoms with Gasteiger partial charge in [0, 0.05) is 13.1 Å². The minimum Gasteiger partial charge on any atom is -0.313 e. The van der Waals surface area contributed by atoms with Crippen LogP contribution in [0.25, 0.3) is 0 Å². The fraction of sp³-hybridized carbons (Fsp3) is 1.00. The fourth-order valence-electron chi connectivity index (χ4n) is 0.940. The maximum absolute atomic E-state index is 5.68. The lowest BCUT2D eigenvalue weighted by Crippen LogP contribution is -2.55. The van der Waals surface area contributed by atoms with E-state index in [1.54, 1.807) is 0 Å². The second-order valence-electron chi connectivity index (χ2n) is 2.77. The molecule has 1 atom stereocenters. The number of nitrogens with two attached hydrogens (primary N) is 2. The molecule has 0 aliphatic carbocycles. The molecule has 1 aliphatic heterocycles. The van der Waals surface area contributed by atoms with E-state index in [1.807, 2.05) is 0 Å². The first-order valence-corrected chi connectivity index (χ1v) is 3.69. The van der Waals surface area contributed by atoms with E-state index in [0.717, 1.165) is 25.9 Å². The molecule has 1 rings (SSSR count). The molecule has 1 unspecified atom stereocenters. The van der Waals surface area contributed by atoms with Crippen molar-refractivity contribution in [2.75, 3.05) is 13.1 Å². The van der Waals surface area contributed by atoms with Crippen molar-refractivity contribution in [1.29, 1.82) is 0 Å². The van der Waals surface area contributed by atoms with Crippen molar-refractivity contribution in [3.8, 4) is 0 Å². The first-order chi connectivity index (χ1) is 4.10. The van der Waals surface area contributed by atoms with E-state index < -0.39 is 5.66 Å². The van der Waals surface area contributed by atoms with Gasteiger partial charge in [-0.15, -0.1) is 0 Å². The van der Waals surface area contributed by atoms with E-state index in [2.05, 4.69) is 14.1 Å². The summed E-state index contributed by atoms with van der Waals surface area (Å²) in [6, 6.07) is 0. The van der Waals surface area contributed by atoms with Crippen LogP contribution >= 0.6 is 9.39 Å². The second-order valence-corrected chi connectivity index (χ2v) is 3.50. The summed E-state index contributed by atoms with van der Waals surface area (Å²) in [6.07, 6.45) is 1.80. The Labute approximate surface area is 58.0 Å². The van der Waals surface area contributed by atoms with Crippen LogP contribution in [0.15, 0.2) is 0 Å². The highest BCUT2D eigenvalue weighted by atomic mass is 31.0. The number of nitrogens with zero attached hydrogens (tertiary/aromatic N) is 1. The van der Waals surface area contributed by atoms with Gasteiger partial charge in [-0.1, -0.05) is 9.39 Å². The molecule has 0 bridgehead atoms. The molecule has 4 N–H and O–H groups in total. The van der Waals surface area contributed by atoms with Gasteiger partial charge in [0.15, 0.2) is 0 Å². The molecule has 1 aliphatic rings. The predicted molar refractivity (Wildman–Crippen MR) is 41.6 cm³/mol. The van der Waals surface area contributed by atoms with Crippen LogP contribution in [0.3, 0.4) is 0 Å². The van der Waals surface area contributed by atoms with Gasteiger partial charge < -0.3 is 11.5 Å². The number of hydrogen-bond donors (Lipinski definition) is 2. The van der Waals surface area contributed by atoms with E-state index in [1.165, 1.54) is 0 Å². The summed E-state index contributed by atoms with van der Waals surface area (Å²) in [5, 5.41) is 0. The van der Waals surface area contributed by atoms with E-state index in [0.29, 0.717) is 0 Å². The molecule has 1 saturated heterocycles. The molecule has 0 spiro atoms. The van der Waals surface area contributed by atoms with E-state index in [-0.39, 0.29) is 0 Å². The van der Waals surface area contributed by atoms with Crippen molar-refractivity contribution >= 4 is 9.39 Å². The average Bonchev–Trinajstić information content (AvgIpc) is 1.78. The molecule has 0 aromatic heterocycles. The Morgan fingerprint density at radius 1 is 1.22 bits per heavy atom. The standard InChI is InChI=1S/C5H14N3P/c6-5(7)1-3-8(9)4-2-5/h1-4,6-7,9H2. The molecule has 1 fully saturated rings. The van der Waals surface area contributed by atoms with Crippen LogP contribution in [-0.2, 0) is 0 Å². The Kier molecular flexibility index (Phi) is 2.07. The van der Waals surface area contributed by atoms with Gasteiger partial charge in [-0.3, -0.25) is 4.67 Å². The van der Waals surface area contributed by atoms with Crippen LogP contribution in [0.5, 0.6) is 0 Å². The molecule has 0 saturated carbocycles. The molecule has 0 radical (unpaired) electrons. The summed E-state index contributed by atoms with van der Waals surface area (Å²) in [7, 11) is 2.66. The smallest absolute Gasteiger partial charge is 0.0661 e. The van der Waals surface area contributed by atoms with Crippen LogP contribution in [0.4, 0.5) is 0 Å². The highest BCUT2D eigenvalue weighted by Crippen LogP contribution is 2.16. The predicted octanol–water partition coefficient (Wildman–Crippen LogP) is -0.514. The van der Waals surface area contributed by atoms with Crippen LogP contribution in [0, 0.1) is 0 Å². The zero-order chi connectivity index (χ0) is 6.91. The van der Waals surface area contributed by atoms with Crippen molar-refractivity contribution in [2.45, 2.75) is 18.5 Å². The highest BCUT2D eigenvalue weighted by Gasteiger charge is 2.24. The summed E-state index contributed by atoms with van der Waals surface area (Å²) >= 11 is 0. The zero-order valence-electron chi connectivity index (χ0n) is 5.51. The first kappa shape index (κ1) is 7.42. The van der Waals surface area contributed by atoms with Crippen LogP contribution in [0.2, 0.25) is 0 Å². The van der Waals surface area contributed by atoms with Crippen LogP contribution < -0.4 is 11.5 Å². The topological polar surface area (TPSA) is 55.3 Å². The summed E-state index contributed by atoms with van der Waals surface area (Å²) < 4.78 is 2.16. The molecule has 0 amide bonds. The molecule has 4 heteroatoms. The summed E-state index contributed by atoms with van der Waals surface area (Å²) in [5.74, 6) is 0. The third kappa shape index (κ3) is 2.18. The lowest BCUT2D eigenvalue weighted by atomic mass is 10.0.